The second-order valence-electron chi connectivity index (χ2n) is 15.7. The summed E-state index contributed by atoms with van der Waals surface area (Å²) in [4.78, 5) is 77.6. The Kier molecular flexibility index (Phi) is 11.8. The third-order valence-corrected chi connectivity index (χ3v) is 9.09. The number of benzene rings is 3. The van der Waals surface area contributed by atoms with Gasteiger partial charge >= 0.3 is 12.2 Å². The molecule has 3 aromatic rings. The second kappa shape index (κ2) is 15.9. The van der Waals surface area contributed by atoms with Gasteiger partial charge in [0.2, 0.25) is 11.8 Å². The van der Waals surface area contributed by atoms with Crippen molar-refractivity contribution in [2.45, 2.75) is 77.7 Å². The Balaban J connectivity index is 1.16. The van der Waals surface area contributed by atoms with Crippen molar-refractivity contribution in [3.05, 3.63) is 71.8 Å². The van der Waals surface area contributed by atoms with Gasteiger partial charge in [-0.2, -0.15) is 0 Å². The van der Waals surface area contributed by atoms with Crippen LogP contribution in [0.25, 0.3) is 21.9 Å². The van der Waals surface area contributed by atoms with Crippen molar-refractivity contribution < 1.29 is 38.2 Å². The molecule has 5 rings (SSSR count). The molecule has 4 amide bonds. The Morgan fingerprint density at radius 2 is 1.00 bits per heavy atom. The van der Waals surface area contributed by atoms with Gasteiger partial charge in [-0.05, 0) is 88.4 Å². The number of nitrogens with zero attached hydrogens (tertiary/aromatic N) is 4. The fourth-order valence-electron chi connectivity index (χ4n) is 6.41. The fourth-order valence-corrected chi connectivity index (χ4v) is 6.41. The quantitative estimate of drug-likeness (QED) is 0.292. The largest absolute Gasteiger partial charge is 0.443 e. The molecule has 2 atom stereocenters. The number of hydrogen-bond acceptors (Lipinski definition) is 10. The second-order valence-corrected chi connectivity index (χ2v) is 15.7. The van der Waals surface area contributed by atoms with Crippen molar-refractivity contribution in [1.82, 2.24) is 30.7 Å². The molecule has 0 spiro atoms. The minimum absolute atomic E-state index is 0.219. The molecule has 0 bridgehead atoms. The molecule has 0 saturated carbocycles. The summed E-state index contributed by atoms with van der Waals surface area (Å²) in [6, 6.07) is 16.7. The zero-order valence-corrected chi connectivity index (χ0v) is 32.2. The number of amides is 4. The molecule has 14 nitrogen and oxygen atoms in total. The van der Waals surface area contributed by atoms with Crippen LogP contribution in [0.2, 0.25) is 0 Å². The fraction of sp³-hybridized carbons (Fsp3) is 0.450. The van der Waals surface area contributed by atoms with Crippen LogP contribution >= 0.6 is 0 Å². The van der Waals surface area contributed by atoms with Crippen LogP contribution in [-0.4, -0.2) is 119 Å². The van der Waals surface area contributed by atoms with Gasteiger partial charge in [-0.1, -0.05) is 48.5 Å². The Bertz CT molecular complexity index is 1930. The van der Waals surface area contributed by atoms with Crippen LogP contribution in [0.5, 0.6) is 0 Å². The van der Waals surface area contributed by atoms with Crippen molar-refractivity contribution >= 4 is 46.3 Å². The summed E-state index contributed by atoms with van der Waals surface area (Å²) in [7, 11) is 3.42. The molecule has 14 heteroatoms. The zero-order valence-electron chi connectivity index (χ0n) is 32.2. The van der Waals surface area contributed by atoms with E-state index < -0.39 is 47.3 Å². The molecule has 2 fully saturated rings. The SMILES string of the molecule is CN1CC[C@@H](C(=O)NCC(=O)c2ccc(-c3ccc4cc(C(=O)CNC(=O)[C@@H]5CCN(C)N5C(=O)OC(C)(C)C)ccc4c3)cc2)N1C(=O)OC(C)(C)C. The van der Waals surface area contributed by atoms with Gasteiger partial charge in [0.15, 0.2) is 11.6 Å². The molecule has 0 aliphatic carbocycles. The lowest BCUT2D eigenvalue weighted by atomic mass is 9.98. The molecule has 2 aliphatic rings. The van der Waals surface area contributed by atoms with Crippen molar-refractivity contribution in [1.29, 1.82) is 0 Å². The van der Waals surface area contributed by atoms with Gasteiger partial charge in [-0.15, -0.1) is 0 Å². The van der Waals surface area contributed by atoms with Gasteiger partial charge in [0, 0.05) is 38.3 Å². The number of Topliss-reactive ketones (excluding diaryl/α,β-unsaturated/α-hetero) is 2. The van der Waals surface area contributed by atoms with E-state index in [1.54, 1.807) is 89.9 Å². The van der Waals surface area contributed by atoms with Crippen molar-refractivity contribution in [3.8, 4) is 11.1 Å². The minimum Gasteiger partial charge on any atom is -0.443 e. The molecule has 2 N–H and O–H groups in total. The monoisotopic (exact) mass is 742 g/mol. The number of rotatable bonds is 9. The number of carbonyl (C=O) groups is 6. The predicted octanol–water partition coefficient (Wildman–Crippen LogP) is 4.82. The number of ketones is 2. The first kappa shape index (κ1) is 39.9. The molecule has 0 aromatic heterocycles. The first-order chi connectivity index (χ1) is 25.3. The van der Waals surface area contributed by atoms with Gasteiger partial charge in [0.25, 0.3) is 0 Å². The molecular weight excluding hydrogens is 692 g/mol. The molecule has 0 radical (unpaired) electrons. The van der Waals surface area contributed by atoms with E-state index in [1.807, 2.05) is 36.4 Å². The first-order valence-electron chi connectivity index (χ1n) is 18.0. The Morgan fingerprint density at radius 3 is 1.48 bits per heavy atom. The Morgan fingerprint density at radius 1 is 0.593 bits per heavy atom. The topological polar surface area (TPSA) is 158 Å². The summed E-state index contributed by atoms with van der Waals surface area (Å²) in [5.74, 6) is -1.39. The average Bonchev–Trinajstić information content (AvgIpc) is 3.69. The zero-order chi connectivity index (χ0) is 39.5. The summed E-state index contributed by atoms with van der Waals surface area (Å²) in [6.45, 7) is 11.1. The predicted molar refractivity (Wildman–Crippen MR) is 202 cm³/mol. The number of fused-ring (bicyclic) bond motifs is 1. The normalized spacial score (nSPS) is 18.1. The summed E-state index contributed by atoms with van der Waals surface area (Å²) >= 11 is 0. The average molecular weight is 743 g/mol. The molecule has 0 unspecified atom stereocenters. The maximum Gasteiger partial charge on any atom is 0.425 e. The smallest absolute Gasteiger partial charge is 0.425 e. The summed E-state index contributed by atoms with van der Waals surface area (Å²) in [6.07, 6.45) is -0.392. The van der Waals surface area contributed by atoms with E-state index in [2.05, 4.69) is 10.6 Å². The highest BCUT2D eigenvalue weighted by atomic mass is 16.6. The van der Waals surface area contributed by atoms with Crippen LogP contribution in [0.15, 0.2) is 60.7 Å². The number of hydrazine groups is 2. The van der Waals surface area contributed by atoms with E-state index >= 15 is 0 Å². The summed E-state index contributed by atoms with van der Waals surface area (Å²) < 4.78 is 10.9. The third kappa shape index (κ3) is 9.60. The van der Waals surface area contributed by atoms with Crippen LogP contribution < -0.4 is 10.6 Å². The molecule has 54 heavy (non-hydrogen) atoms. The molecule has 3 aromatic carbocycles. The number of hydrogen-bond donors (Lipinski definition) is 2. The molecule has 2 aliphatic heterocycles. The van der Waals surface area contributed by atoms with E-state index in [0.29, 0.717) is 37.1 Å². The Labute approximate surface area is 315 Å². The van der Waals surface area contributed by atoms with E-state index in [9.17, 15) is 28.8 Å². The lowest BCUT2D eigenvalue weighted by molar-refractivity contribution is -0.129. The van der Waals surface area contributed by atoms with Crippen LogP contribution in [0.4, 0.5) is 9.59 Å². The van der Waals surface area contributed by atoms with E-state index in [4.69, 9.17) is 9.47 Å². The molecular formula is C40H50N6O8. The highest BCUT2D eigenvalue weighted by Gasteiger charge is 2.41. The number of nitrogens with one attached hydrogen (secondary N) is 2. The van der Waals surface area contributed by atoms with Crippen LogP contribution in [0, 0.1) is 0 Å². The van der Waals surface area contributed by atoms with Crippen LogP contribution in [0.1, 0.15) is 75.1 Å². The van der Waals surface area contributed by atoms with E-state index in [0.717, 1.165) is 21.9 Å². The van der Waals surface area contributed by atoms with Gasteiger partial charge < -0.3 is 20.1 Å². The van der Waals surface area contributed by atoms with E-state index in [-0.39, 0.29) is 24.7 Å². The van der Waals surface area contributed by atoms with Crippen LogP contribution in [-0.2, 0) is 19.1 Å². The molecule has 288 valence electrons. The third-order valence-electron chi connectivity index (χ3n) is 9.09. The maximum absolute atomic E-state index is 13.1. The lowest BCUT2D eigenvalue weighted by Gasteiger charge is -2.31. The van der Waals surface area contributed by atoms with Gasteiger partial charge in [0.05, 0.1) is 13.1 Å². The first-order valence-corrected chi connectivity index (χ1v) is 18.0. The van der Waals surface area contributed by atoms with Gasteiger partial charge in [-0.25, -0.2) is 29.6 Å². The van der Waals surface area contributed by atoms with Crippen LogP contribution in [0.3, 0.4) is 0 Å². The standard InChI is InChI=1S/C40H50N6O8/c1-39(2,3)53-37(51)45-31(17-19-43(45)7)35(49)41-23-33(47)26-11-9-25(10-12-26)27-13-14-29-22-30(16-15-28(29)21-27)34(48)24-42-36(50)32-18-20-44(8)46(32)38(52)54-40(4,5)6/h9-16,21-22,31-32H,17-20,23-24H2,1-8H3,(H,41,49)(H,42,50)/t31-,32-/m0/s1. The summed E-state index contributed by atoms with van der Waals surface area (Å²) in [5.41, 5.74) is 1.22. The maximum atomic E-state index is 13.1. The van der Waals surface area contributed by atoms with Gasteiger partial charge in [-0.3, -0.25) is 19.2 Å². The highest BCUT2D eigenvalue weighted by molar-refractivity contribution is 6.03. The van der Waals surface area contributed by atoms with Crippen molar-refractivity contribution in [3.63, 3.8) is 0 Å². The lowest BCUT2D eigenvalue weighted by Crippen LogP contribution is -2.52. The molecule has 2 saturated heterocycles. The molecule has 2 heterocycles. The summed E-state index contributed by atoms with van der Waals surface area (Å²) in [5, 5.41) is 13.0. The minimum atomic E-state index is -0.774. The van der Waals surface area contributed by atoms with Gasteiger partial charge in [0.1, 0.15) is 23.3 Å². The van der Waals surface area contributed by atoms with Crippen molar-refractivity contribution in [2.75, 3.05) is 40.3 Å². The number of carbonyl (C=O) groups excluding carboxylic acids is 6. The Hall–Kier alpha value is -5.34. The van der Waals surface area contributed by atoms with Crippen molar-refractivity contribution in [2.24, 2.45) is 0 Å². The van der Waals surface area contributed by atoms with E-state index in [1.165, 1.54) is 10.0 Å². The number of ether oxygens (including phenoxy) is 2. The highest BCUT2D eigenvalue weighted by Crippen LogP contribution is 2.27.